The summed E-state index contributed by atoms with van der Waals surface area (Å²) in [5.74, 6) is -0.215. The second-order valence-corrected chi connectivity index (χ2v) is 27.3. The molecule has 0 bridgehead atoms. The number of fused-ring (bicyclic) bond motifs is 1. The molecule has 10 heteroatoms. The summed E-state index contributed by atoms with van der Waals surface area (Å²) in [6.45, 7) is 26.4. The first-order chi connectivity index (χ1) is 23.1. The number of esters is 2. The Kier molecular flexibility index (Phi) is 12.8. The number of rotatable bonds is 12. The highest BCUT2D eigenvalue weighted by Crippen LogP contribution is 2.47. The van der Waals surface area contributed by atoms with Crippen molar-refractivity contribution < 1.29 is 37.0 Å². The van der Waals surface area contributed by atoms with Gasteiger partial charge < -0.3 is 23.1 Å². The van der Waals surface area contributed by atoms with Crippen LogP contribution in [0, 0.1) is 23.6 Å². The van der Waals surface area contributed by atoms with Crippen LogP contribution in [0.1, 0.15) is 93.9 Å². The molecule has 8 atom stereocenters. The fraction of sp³-hybridized carbons (Fsp3) is 0.700. The SMILES string of the molecule is CC[C@H](Oc1ccc(F)cc1)C(=O)OC1CC(O[Si](C)(C)C(C)(C)C)C=C2C=CC(C)C(CC[C@@H]3C[C@@H](O[Si](C)(C)C(C)(C)C)CC(=O)O3)C21. The summed E-state index contributed by atoms with van der Waals surface area (Å²) in [6.07, 6.45) is 8.37. The Morgan fingerprint density at radius 2 is 1.58 bits per heavy atom. The number of hydrogen-bond acceptors (Lipinski definition) is 7. The molecule has 1 aromatic rings. The topological polar surface area (TPSA) is 80.3 Å². The number of carbonyl (C=O) groups is 2. The number of cyclic esters (lactones) is 1. The maximum atomic E-state index is 13.8. The first-order valence-corrected chi connectivity index (χ1v) is 24.5. The van der Waals surface area contributed by atoms with Crippen molar-refractivity contribution in [3.05, 3.63) is 53.9 Å². The summed E-state index contributed by atoms with van der Waals surface area (Å²) >= 11 is 0. The van der Waals surface area contributed by atoms with E-state index in [9.17, 15) is 14.0 Å². The van der Waals surface area contributed by atoms with E-state index in [2.05, 4.69) is 92.9 Å². The van der Waals surface area contributed by atoms with Crippen molar-refractivity contribution in [2.75, 3.05) is 0 Å². The van der Waals surface area contributed by atoms with Gasteiger partial charge in [-0.15, -0.1) is 0 Å². The van der Waals surface area contributed by atoms with Crippen molar-refractivity contribution >= 4 is 28.6 Å². The summed E-state index contributed by atoms with van der Waals surface area (Å²) in [5, 5.41) is 0.0742. The fourth-order valence-corrected chi connectivity index (χ4v) is 9.53. The van der Waals surface area contributed by atoms with Crippen LogP contribution in [0.3, 0.4) is 0 Å². The highest BCUT2D eigenvalue weighted by molar-refractivity contribution is 6.74. The molecule has 280 valence electrons. The van der Waals surface area contributed by atoms with Crippen molar-refractivity contribution in [1.29, 1.82) is 0 Å². The van der Waals surface area contributed by atoms with Crippen LogP contribution < -0.4 is 4.74 Å². The average Bonchev–Trinajstić information content (AvgIpc) is 2.98. The summed E-state index contributed by atoms with van der Waals surface area (Å²) in [7, 11) is -4.19. The number of ether oxygens (including phenoxy) is 3. The van der Waals surface area contributed by atoms with Crippen molar-refractivity contribution in [3.8, 4) is 5.75 Å². The molecule has 1 heterocycles. The second kappa shape index (κ2) is 15.8. The second-order valence-electron chi connectivity index (χ2n) is 17.8. The monoisotopic (exact) mass is 730 g/mol. The lowest BCUT2D eigenvalue weighted by Crippen LogP contribution is -2.49. The van der Waals surface area contributed by atoms with Gasteiger partial charge in [0.05, 0.1) is 18.6 Å². The zero-order chi connectivity index (χ0) is 37.2. The lowest BCUT2D eigenvalue weighted by atomic mass is 9.66. The van der Waals surface area contributed by atoms with Gasteiger partial charge in [-0.3, -0.25) is 4.79 Å². The van der Waals surface area contributed by atoms with Gasteiger partial charge in [0.15, 0.2) is 22.7 Å². The molecular weight excluding hydrogens is 668 g/mol. The third-order valence-corrected chi connectivity index (χ3v) is 20.9. The first-order valence-electron chi connectivity index (χ1n) is 18.7. The van der Waals surface area contributed by atoms with E-state index < -0.39 is 34.8 Å². The van der Waals surface area contributed by atoms with Gasteiger partial charge in [0, 0.05) is 18.8 Å². The van der Waals surface area contributed by atoms with Crippen LogP contribution in [0.15, 0.2) is 48.1 Å². The Morgan fingerprint density at radius 1 is 0.960 bits per heavy atom. The molecule has 1 fully saturated rings. The molecule has 1 aromatic carbocycles. The van der Waals surface area contributed by atoms with E-state index in [0.29, 0.717) is 37.9 Å². The van der Waals surface area contributed by atoms with Gasteiger partial charge in [-0.2, -0.15) is 0 Å². The van der Waals surface area contributed by atoms with Crippen LogP contribution in [0.25, 0.3) is 0 Å². The summed E-state index contributed by atoms with van der Waals surface area (Å²) in [4.78, 5) is 26.6. The third kappa shape index (κ3) is 9.98. The minimum absolute atomic E-state index is 0.0217. The lowest BCUT2D eigenvalue weighted by molar-refractivity contribution is -0.164. The van der Waals surface area contributed by atoms with Crippen molar-refractivity contribution in [3.63, 3.8) is 0 Å². The Morgan fingerprint density at radius 3 is 2.18 bits per heavy atom. The molecule has 0 spiro atoms. The van der Waals surface area contributed by atoms with Crippen LogP contribution in [0.4, 0.5) is 4.39 Å². The van der Waals surface area contributed by atoms with Crippen LogP contribution in [0.2, 0.25) is 36.3 Å². The van der Waals surface area contributed by atoms with E-state index in [0.717, 1.165) is 12.0 Å². The number of halogens is 1. The van der Waals surface area contributed by atoms with Crippen molar-refractivity contribution in [1.82, 2.24) is 0 Å². The van der Waals surface area contributed by atoms with E-state index in [1.54, 1.807) is 0 Å². The van der Waals surface area contributed by atoms with Crippen LogP contribution in [-0.4, -0.2) is 59.1 Å². The molecule has 50 heavy (non-hydrogen) atoms. The summed E-state index contributed by atoms with van der Waals surface area (Å²) < 4.78 is 45.5. The number of benzene rings is 1. The molecule has 0 radical (unpaired) electrons. The Labute approximate surface area is 303 Å². The first kappa shape index (κ1) is 40.5. The largest absolute Gasteiger partial charge is 0.479 e. The molecule has 0 amide bonds. The predicted molar refractivity (Wildman–Crippen MR) is 201 cm³/mol. The van der Waals surface area contributed by atoms with E-state index in [-0.39, 0.29) is 57.9 Å². The minimum atomic E-state index is -2.14. The quantitative estimate of drug-likeness (QED) is 0.156. The van der Waals surface area contributed by atoms with E-state index in [1.807, 2.05) is 6.92 Å². The summed E-state index contributed by atoms with van der Waals surface area (Å²) in [6, 6.07) is 5.69. The maximum Gasteiger partial charge on any atom is 0.347 e. The molecule has 0 aromatic heterocycles. The molecule has 2 aliphatic carbocycles. The zero-order valence-corrected chi connectivity index (χ0v) is 34.6. The smallest absolute Gasteiger partial charge is 0.347 e. The average molecular weight is 731 g/mol. The zero-order valence-electron chi connectivity index (χ0n) is 32.6. The molecule has 0 N–H and O–H groups in total. The van der Waals surface area contributed by atoms with E-state index >= 15 is 0 Å². The van der Waals surface area contributed by atoms with Gasteiger partial charge >= 0.3 is 11.9 Å². The van der Waals surface area contributed by atoms with Crippen LogP contribution in [-0.2, 0) is 27.9 Å². The third-order valence-electron chi connectivity index (χ3n) is 11.9. The van der Waals surface area contributed by atoms with Crippen molar-refractivity contribution in [2.45, 2.75) is 161 Å². The Balaban J connectivity index is 1.56. The molecule has 1 saturated heterocycles. The number of hydrogen-bond donors (Lipinski definition) is 0. The number of carbonyl (C=O) groups excluding carboxylic acids is 2. The van der Waals surface area contributed by atoms with E-state index in [1.165, 1.54) is 24.3 Å². The maximum absolute atomic E-state index is 13.8. The van der Waals surface area contributed by atoms with Gasteiger partial charge in [0.1, 0.15) is 23.8 Å². The minimum Gasteiger partial charge on any atom is -0.479 e. The highest BCUT2D eigenvalue weighted by atomic mass is 28.4. The molecule has 7 nitrogen and oxygen atoms in total. The molecule has 3 aliphatic rings. The van der Waals surface area contributed by atoms with Gasteiger partial charge in [-0.25, -0.2) is 9.18 Å². The van der Waals surface area contributed by atoms with Gasteiger partial charge in [0.2, 0.25) is 0 Å². The van der Waals surface area contributed by atoms with Gasteiger partial charge in [-0.1, -0.05) is 73.6 Å². The molecule has 4 rings (SSSR count). The van der Waals surface area contributed by atoms with Gasteiger partial charge in [0.25, 0.3) is 0 Å². The number of allylic oxidation sites excluding steroid dienone is 2. The van der Waals surface area contributed by atoms with Crippen LogP contribution in [0.5, 0.6) is 5.75 Å². The standard InChI is InChI=1S/C40H63FO7Si2/c1-13-34(44-29-18-16-28(41)17-19-29)38(43)46-35-24-31(47-49(9,10)39(3,4)5)22-27-15-14-26(2)33(37(27)35)21-20-30-23-32(25-36(42)45-30)48-50(11,12)40(6,7)8/h14-19,22,26,30-35,37H,13,20-21,23-25H2,1-12H3/t26?,30-,31?,32-,33?,34+,35?,37?/m1/s1. The highest BCUT2D eigenvalue weighted by Gasteiger charge is 2.47. The molecule has 0 saturated carbocycles. The Hall–Kier alpha value is -2.28. The summed E-state index contributed by atoms with van der Waals surface area (Å²) in [5.41, 5.74) is 1.13. The normalized spacial score (nSPS) is 28.3. The molecule has 1 aliphatic heterocycles. The van der Waals surface area contributed by atoms with Crippen molar-refractivity contribution in [2.24, 2.45) is 17.8 Å². The molecular formula is C40H63FO7Si2. The predicted octanol–water partition coefficient (Wildman–Crippen LogP) is 9.93. The van der Waals surface area contributed by atoms with Gasteiger partial charge in [-0.05, 0) is 97.2 Å². The van der Waals surface area contributed by atoms with Crippen LogP contribution >= 0.6 is 0 Å². The van der Waals surface area contributed by atoms with E-state index in [4.69, 9.17) is 23.1 Å². The molecule has 5 unspecified atom stereocenters. The fourth-order valence-electron chi connectivity index (χ4n) is 6.89. The lowest BCUT2D eigenvalue weighted by Gasteiger charge is -2.46. The Bertz CT molecular complexity index is 1390.